The van der Waals surface area contributed by atoms with E-state index in [0.29, 0.717) is 11.5 Å². The molecule has 94 valence electrons. The van der Waals surface area contributed by atoms with Crippen LogP contribution in [0.4, 0.5) is 11.5 Å². The van der Waals surface area contributed by atoms with Crippen LogP contribution in [0.2, 0.25) is 0 Å². The third-order valence-electron chi connectivity index (χ3n) is 2.92. The molecule has 0 saturated carbocycles. The maximum atomic E-state index is 11.1. The van der Waals surface area contributed by atoms with Gasteiger partial charge in [0, 0.05) is 17.8 Å². The topological polar surface area (TPSA) is 87.0 Å². The summed E-state index contributed by atoms with van der Waals surface area (Å²) >= 11 is 0. The van der Waals surface area contributed by atoms with Crippen molar-refractivity contribution in [1.29, 1.82) is 0 Å². The molecule has 0 spiro atoms. The first kappa shape index (κ1) is 12.1. The van der Waals surface area contributed by atoms with Gasteiger partial charge in [-0.05, 0) is 38.0 Å². The zero-order valence-corrected chi connectivity index (χ0v) is 10.5. The Bertz CT molecular complexity index is 631. The summed E-state index contributed by atoms with van der Waals surface area (Å²) in [6.07, 6.45) is 0. The Morgan fingerprint density at radius 1 is 1.22 bits per heavy atom. The van der Waals surface area contributed by atoms with Crippen LogP contribution < -0.4 is 5.73 Å². The number of nitrogens with zero attached hydrogens (tertiary/aromatic N) is 3. The van der Waals surface area contributed by atoms with E-state index in [-0.39, 0.29) is 5.69 Å². The van der Waals surface area contributed by atoms with Crippen molar-refractivity contribution < 1.29 is 4.92 Å². The fraction of sp³-hybridized carbons (Fsp3) is 0.250. The van der Waals surface area contributed by atoms with Gasteiger partial charge in [-0.1, -0.05) is 0 Å². The maximum absolute atomic E-state index is 11.1. The average molecular weight is 246 g/mol. The first-order chi connectivity index (χ1) is 8.40. The van der Waals surface area contributed by atoms with E-state index in [0.717, 1.165) is 16.8 Å². The Morgan fingerprint density at radius 2 is 1.83 bits per heavy atom. The van der Waals surface area contributed by atoms with Gasteiger partial charge >= 0.3 is 0 Å². The largest absolute Gasteiger partial charge is 0.382 e. The molecule has 0 saturated heterocycles. The maximum Gasteiger partial charge on any atom is 0.295 e. The van der Waals surface area contributed by atoms with Crippen molar-refractivity contribution in [3.8, 4) is 5.69 Å². The van der Waals surface area contributed by atoms with Crippen LogP contribution in [0.25, 0.3) is 5.69 Å². The molecule has 2 aromatic rings. The van der Waals surface area contributed by atoms with Crippen LogP contribution in [-0.4, -0.2) is 14.7 Å². The number of benzene rings is 1. The summed E-state index contributed by atoms with van der Waals surface area (Å²) in [4.78, 5) is 10.7. The molecule has 0 fully saturated rings. The highest BCUT2D eigenvalue weighted by Crippen LogP contribution is 2.27. The van der Waals surface area contributed by atoms with E-state index >= 15 is 0 Å². The van der Waals surface area contributed by atoms with Crippen molar-refractivity contribution in [3.63, 3.8) is 0 Å². The second-order valence-corrected chi connectivity index (χ2v) is 4.30. The van der Waals surface area contributed by atoms with Crippen molar-refractivity contribution >= 4 is 11.5 Å². The van der Waals surface area contributed by atoms with Gasteiger partial charge in [0.15, 0.2) is 0 Å². The Kier molecular flexibility index (Phi) is 2.78. The fourth-order valence-corrected chi connectivity index (χ4v) is 1.84. The highest BCUT2D eigenvalue weighted by molar-refractivity contribution is 5.57. The van der Waals surface area contributed by atoms with Crippen LogP contribution in [-0.2, 0) is 0 Å². The Balaban J connectivity index is 2.73. The summed E-state index contributed by atoms with van der Waals surface area (Å²) in [6.45, 7) is 5.56. The lowest BCUT2D eigenvalue weighted by Gasteiger charge is -2.08. The molecule has 0 aliphatic carbocycles. The number of rotatable bonds is 2. The minimum absolute atomic E-state index is 0.0318. The molecule has 0 aliphatic heterocycles. The highest BCUT2D eigenvalue weighted by Gasteiger charge is 2.19. The molecule has 0 atom stereocenters. The van der Waals surface area contributed by atoms with Crippen LogP contribution >= 0.6 is 0 Å². The molecule has 1 aromatic carbocycles. The molecule has 1 aromatic heterocycles. The lowest BCUT2D eigenvalue weighted by molar-refractivity contribution is -0.384. The second-order valence-electron chi connectivity index (χ2n) is 4.30. The molecule has 1 heterocycles. The first-order valence-corrected chi connectivity index (χ1v) is 5.48. The van der Waals surface area contributed by atoms with Crippen LogP contribution in [0.5, 0.6) is 0 Å². The SMILES string of the molecule is Cc1cc(-n2nc(N)cc2C)c([N+](=O)[O-])cc1C. The van der Waals surface area contributed by atoms with E-state index in [9.17, 15) is 10.1 Å². The van der Waals surface area contributed by atoms with Crippen molar-refractivity contribution in [2.45, 2.75) is 20.8 Å². The zero-order valence-electron chi connectivity index (χ0n) is 10.5. The number of nitrogen functional groups attached to an aromatic ring is 1. The Morgan fingerprint density at radius 3 is 2.33 bits per heavy atom. The van der Waals surface area contributed by atoms with Gasteiger partial charge in [0.1, 0.15) is 11.5 Å². The van der Waals surface area contributed by atoms with E-state index in [1.807, 2.05) is 20.8 Å². The van der Waals surface area contributed by atoms with Gasteiger partial charge in [-0.25, -0.2) is 4.68 Å². The van der Waals surface area contributed by atoms with E-state index < -0.39 is 4.92 Å². The van der Waals surface area contributed by atoms with Gasteiger partial charge < -0.3 is 5.73 Å². The first-order valence-electron chi connectivity index (χ1n) is 5.48. The highest BCUT2D eigenvalue weighted by atomic mass is 16.6. The minimum Gasteiger partial charge on any atom is -0.382 e. The number of nitro groups is 1. The van der Waals surface area contributed by atoms with Gasteiger partial charge in [0.25, 0.3) is 5.69 Å². The predicted molar refractivity (Wildman–Crippen MR) is 68.8 cm³/mol. The summed E-state index contributed by atoms with van der Waals surface area (Å²) in [6, 6.07) is 4.99. The molecule has 0 unspecified atom stereocenters. The quantitative estimate of drug-likeness (QED) is 0.650. The fourth-order valence-electron chi connectivity index (χ4n) is 1.84. The molecule has 6 heteroatoms. The lowest BCUT2D eigenvalue weighted by atomic mass is 10.1. The molecular formula is C12H14N4O2. The van der Waals surface area contributed by atoms with Crippen LogP contribution in [0.3, 0.4) is 0 Å². The van der Waals surface area contributed by atoms with Gasteiger partial charge in [0.2, 0.25) is 0 Å². The number of hydrogen-bond acceptors (Lipinski definition) is 4. The number of hydrogen-bond donors (Lipinski definition) is 1. The normalized spacial score (nSPS) is 10.6. The van der Waals surface area contributed by atoms with Crippen molar-refractivity contribution in [2.75, 3.05) is 5.73 Å². The summed E-state index contributed by atoms with van der Waals surface area (Å²) < 4.78 is 1.50. The number of nitro benzene ring substituents is 1. The van der Waals surface area contributed by atoms with Crippen LogP contribution in [0.1, 0.15) is 16.8 Å². The molecular weight excluding hydrogens is 232 g/mol. The molecule has 0 radical (unpaired) electrons. The molecule has 0 amide bonds. The zero-order chi connectivity index (χ0) is 13.4. The molecule has 2 rings (SSSR count). The summed E-state index contributed by atoms with van der Waals surface area (Å²) in [7, 11) is 0. The third kappa shape index (κ3) is 1.92. The van der Waals surface area contributed by atoms with E-state index in [1.54, 1.807) is 18.2 Å². The summed E-state index contributed by atoms with van der Waals surface area (Å²) in [5, 5.41) is 15.2. The van der Waals surface area contributed by atoms with Crippen molar-refractivity contribution in [3.05, 3.63) is 45.1 Å². The second kappa shape index (κ2) is 4.14. The Labute approximate surface area is 104 Å². The molecule has 18 heavy (non-hydrogen) atoms. The smallest absolute Gasteiger partial charge is 0.295 e. The molecule has 0 aliphatic rings. The van der Waals surface area contributed by atoms with E-state index in [2.05, 4.69) is 5.10 Å². The predicted octanol–water partition coefficient (Wildman–Crippen LogP) is 2.29. The van der Waals surface area contributed by atoms with E-state index in [1.165, 1.54) is 4.68 Å². The van der Waals surface area contributed by atoms with Crippen LogP contribution in [0.15, 0.2) is 18.2 Å². The van der Waals surface area contributed by atoms with Crippen molar-refractivity contribution in [1.82, 2.24) is 9.78 Å². The average Bonchev–Trinajstić information content (AvgIpc) is 2.61. The summed E-state index contributed by atoms with van der Waals surface area (Å²) in [5.41, 5.74) is 8.70. The molecule has 0 bridgehead atoms. The Hall–Kier alpha value is -2.37. The number of aryl methyl sites for hydroxylation is 3. The lowest BCUT2D eigenvalue weighted by Crippen LogP contribution is -2.05. The monoisotopic (exact) mass is 246 g/mol. The standard InChI is InChI=1S/C12H14N4O2/c1-7-4-10(11(16(17)18)5-8(7)2)15-9(3)6-12(13)14-15/h4-6H,1-3H3,(H2,13,14). The molecule has 6 nitrogen and oxygen atoms in total. The third-order valence-corrected chi connectivity index (χ3v) is 2.92. The van der Waals surface area contributed by atoms with Gasteiger partial charge in [-0.15, -0.1) is 0 Å². The number of anilines is 1. The number of aromatic nitrogens is 2. The molecule has 2 N–H and O–H groups in total. The van der Waals surface area contributed by atoms with Crippen molar-refractivity contribution in [2.24, 2.45) is 0 Å². The van der Waals surface area contributed by atoms with E-state index in [4.69, 9.17) is 5.73 Å². The van der Waals surface area contributed by atoms with Gasteiger partial charge in [-0.2, -0.15) is 5.10 Å². The minimum atomic E-state index is -0.404. The number of nitrogens with two attached hydrogens (primary N) is 1. The van der Waals surface area contributed by atoms with Gasteiger partial charge in [0.05, 0.1) is 4.92 Å². The van der Waals surface area contributed by atoms with Gasteiger partial charge in [-0.3, -0.25) is 10.1 Å². The van der Waals surface area contributed by atoms with Crippen LogP contribution in [0, 0.1) is 30.9 Å². The summed E-state index contributed by atoms with van der Waals surface area (Å²) in [5.74, 6) is 0.347.